The van der Waals surface area contributed by atoms with Crippen LogP contribution >= 0.6 is 0 Å². The van der Waals surface area contributed by atoms with Crippen molar-refractivity contribution in [2.45, 2.75) is 0 Å². The second-order valence-electron chi connectivity index (χ2n) is 1.17. The van der Waals surface area contributed by atoms with Crippen LogP contribution in [0.25, 0.3) is 0 Å². The molecule has 0 spiro atoms. The monoisotopic (exact) mass is 171 g/mol. The Kier molecular flexibility index (Phi) is 23.9. The van der Waals surface area contributed by atoms with E-state index in [9.17, 15) is 4.39 Å². The molecule has 0 aliphatic rings. The average Bonchev–Trinajstić information content (AvgIpc) is 1.69. The Balaban J connectivity index is -0.0000000612. The lowest BCUT2D eigenvalue weighted by molar-refractivity contribution is 0.621. The first-order valence-corrected chi connectivity index (χ1v) is 1.95. The standard InChI is InChI=1S/C5H4FN.BH3.3FH/c6-5-2-1-3-7-4-5;;;;/h1-4H;1H3;3*1H. The second-order valence-corrected chi connectivity index (χ2v) is 1.17. The quantitative estimate of drug-likeness (QED) is 0.409. The van der Waals surface area contributed by atoms with Gasteiger partial charge in [-0.3, -0.25) is 19.1 Å². The Morgan fingerprint density at radius 3 is 1.91 bits per heavy atom. The molecule has 1 heterocycles. The van der Waals surface area contributed by atoms with Crippen LogP contribution in [0.1, 0.15) is 0 Å². The van der Waals surface area contributed by atoms with Crippen molar-refractivity contribution >= 4 is 8.41 Å². The summed E-state index contributed by atoms with van der Waals surface area (Å²) in [6.07, 6.45) is 2.70. The SMILES string of the molecule is B.F.F.F.Fc1cccnc1. The predicted molar refractivity (Wildman–Crippen MR) is 41.6 cm³/mol. The van der Waals surface area contributed by atoms with Gasteiger partial charge in [0, 0.05) is 6.20 Å². The molecule has 1 rings (SSSR count). The summed E-state index contributed by atoms with van der Waals surface area (Å²) >= 11 is 0. The minimum atomic E-state index is -0.289. The molecule has 0 radical (unpaired) electrons. The number of aromatic nitrogens is 1. The number of hydrogen-bond acceptors (Lipinski definition) is 1. The Morgan fingerprint density at radius 1 is 1.18 bits per heavy atom. The first-order valence-electron chi connectivity index (χ1n) is 1.95. The number of rotatable bonds is 0. The van der Waals surface area contributed by atoms with E-state index in [4.69, 9.17) is 0 Å². The van der Waals surface area contributed by atoms with Crippen molar-refractivity contribution in [1.29, 1.82) is 0 Å². The Morgan fingerprint density at radius 2 is 1.73 bits per heavy atom. The van der Waals surface area contributed by atoms with E-state index in [0.29, 0.717) is 0 Å². The molecule has 1 aromatic heterocycles. The summed E-state index contributed by atoms with van der Waals surface area (Å²) in [5.41, 5.74) is 0. The van der Waals surface area contributed by atoms with Crippen LogP contribution in [0.2, 0.25) is 0 Å². The van der Waals surface area contributed by atoms with Gasteiger partial charge in [0.2, 0.25) is 0 Å². The molecule has 6 heteroatoms. The average molecular weight is 171 g/mol. The highest BCUT2D eigenvalue weighted by atomic mass is 19.1. The summed E-state index contributed by atoms with van der Waals surface area (Å²) in [6.45, 7) is 0. The van der Waals surface area contributed by atoms with Crippen LogP contribution < -0.4 is 0 Å². The maximum atomic E-state index is 11.8. The van der Waals surface area contributed by atoms with Crippen molar-refractivity contribution in [3.05, 3.63) is 30.3 Å². The van der Waals surface area contributed by atoms with Gasteiger partial charge in [0.1, 0.15) is 5.82 Å². The van der Waals surface area contributed by atoms with Gasteiger partial charge in [0.15, 0.2) is 0 Å². The summed E-state index contributed by atoms with van der Waals surface area (Å²) in [7, 11) is 0. The zero-order valence-electron chi connectivity index (χ0n) is 4.86. The van der Waals surface area contributed by atoms with Gasteiger partial charge in [-0.05, 0) is 12.1 Å². The molecule has 0 atom stereocenters. The molecule has 0 aliphatic carbocycles. The van der Waals surface area contributed by atoms with Crippen molar-refractivity contribution in [2.24, 2.45) is 0 Å². The third-order valence-corrected chi connectivity index (χ3v) is 0.625. The molecular formula is C5H10BF4N. The molecule has 1 aromatic rings. The van der Waals surface area contributed by atoms with Crippen LogP contribution in [-0.4, -0.2) is 13.4 Å². The first-order chi connectivity index (χ1) is 3.39. The van der Waals surface area contributed by atoms with Gasteiger partial charge in [-0.25, -0.2) is 4.39 Å². The minimum Gasteiger partial charge on any atom is -0.269 e. The van der Waals surface area contributed by atoms with Crippen molar-refractivity contribution in [1.82, 2.24) is 4.98 Å². The third kappa shape index (κ3) is 8.93. The molecule has 0 aliphatic heterocycles. The molecule has 0 saturated carbocycles. The summed E-state index contributed by atoms with van der Waals surface area (Å²) < 4.78 is 11.8. The van der Waals surface area contributed by atoms with E-state index >= 15 is 0 Å². The minimum absolute atomic E-state index is 0. The van der Waals surface area contributed by atoms with Crippen molar-refractivity contribution in [3.63, 3.8) is 0 Å². The third-order valence-electron chi connectivity index (χ3n) is 0.625. The Labute approximate surface area is 63.3 Å². The van der Waals surface area contributed by atoms with Gasteiger partial charge in [-0.15, -0.1) is 0 Å². The van der Waals surface area contributed by atoms with Gasteiger partial charge in [-0.2, -0.15) is 0 Å². The van der Waals surface area contributed by atoms with Crippen LogP contribution in [0, 0.1) is 5.82 Å². The summed E-state index contributed by atoms with van der Waals surface area (Å²) in [4.78, 5) is 3.51. The summed E-state index contributed by atoms with van der Waals surface area (Å²) in [5, 5.41) is 0. The molecule has 0 amide bonds. The topological polar surface area (TPSA) is 12.9 Å². The summed E-state index contributed by atoms with van der Waals surface area (Å²) in [5.74, 6) is -0.289. The van der Waals surface area contributed by atoms with E-state index in [1.165, 1.54) is 18.5 Å². The molecule has 0 saturated heterocycles. The van der Waals surface area contributed by atoms with Crippen LogP contribution in [-0.2, 0) is 0 Å². The summed E-state index contributed by atoms with van der Waals surface area (Å²) in [6, 6.07) is 2.91. The molecular weight excluding hydrogens is 161 g/mol. The maximum Gasteiger partial charge on any atom is 0.141 e. The van der Waals surface area contributed by atoms with E-state index < -0.39 is 0 Å². The predicted octanol–water partition coefficient (Wildman–Crippen LogP) is 0.494. The van der Waals surface area contributed by atoms with Gasteiger partial charge < -0.3 is 0 Å². The molecule has 0 N–H and O–H groups in total. The molecule has 1 nitrogen and oxygen atoms in total. The van der Waals surface area contributed by atoms with Crippen LogP contribution in [0.3, 0.4) is 0 Å². The molecule has 0 fully saturated rings. The first kappa shape index (κ1) is 22.5. The Bertz CT molecular complexity index is 148. The van der Waals surface area contributed by atoms with Gasteiger partial charge in [0.05, 0.1) is 14.6 Å². The molecule has 0 unspecified atom stereocenters. The van der Waals surface area contributed by atoms with Crippen LogP contribution in [0.15, 0.2) is 24.5 Å². The fourth-order valence-electron chi connectivity index (χ4n) is 0.342. The second kappa shape index (κ2) is 11.7. The highest BCUT2D eigenvalue weighted by Crippen LogP contribution is 1.87. The highest BCUT2D eigenvalue weighted by Gasteiger charge is 1.78. The van der Waals surface area contributed by atoms with E-state index in [1.54, 1.807) is 6.07 Å². The van der Waals surface area contributed by atoms with Crippen molar-refractivity contribution < 1.29 is 18.5 Å². The van der Waals surface area contributed by atoms with Gasteiger partial charge in [0.25, 0.3) is 0 Å². The van der Waals surface area contributed by atoms with E-state index in [1.807, 2.05) is 0 Å². The fourth-order valence-corrected chi connectivity index (χ4v) is 0.342. The number of pyridine rings is 1. The maximum absolute atomic E-state index is 11.8. The molecule has 0 aromatic carbocycles. The largest absolute Gasteiger partial charge is 0.269 e. The van der Waals surface area contributed by atoms with Gasteiger partial charge >= 0.3 is 0 Å². The van der Waals surface area contributed by atoms with E-state index in [0.717, 1.165) is 0 Å². The smallest absolute Gasteiger partial charge is 0.141 e. The molecule has 66 valence electrons. The van der Waals surface area contributed by atoms with E-state index in [2.05, 4.69) is 4.98 Å². The highest BCUT2D eigenvalue weighted by molar-refractivity contribution is 5.75. The van der Waals surface area contributed by atoms with E-state index in [-0.39, 0.29) is 28.3 Å². The van der Waals surface area contributed by atoms with Crippen LogP contribution in [0.4, 0.5) is 18.5 Å². The lowest BCUT2D eigenvalue weighted by atomic mass is 10.5. The Hall–Kier alpha value is -1.07. The number of hydrogen-bond donors (Lipinski definition) is 0. The zero-order valence-corrected chi connectivity index (χ0v) is 4.86. The van der Waals surface area contributed by atoms with Gasteiger partial charge in [-0.1, -0.05) is 0 Å². The lowest BCUT2D eigenvalue weighted by Gasteiger charge is -1.78. The molecule has 11 heavy (non-hydrogen) atoms. The lowest BCUT2D eigenvalue weighted by Crippen LogP contribution is -1.70. The fraction of sp³-hybridized carbons (Fsp3) is 0. The number of nitrogens with zero attached hydrogens (tertiary/aromatic N) is 1. The van der Waals surface area contributed by atoms with Crippen molar-refractivity contribution in [3.8, 4) is 0 Å². The zero-order chi connectivity index (χ0) is 5.11. The van der Waals surface area contributed by atoms with Crippen molar-refractivity contribution in [2.75, 3.05) is 0 Å². The normalized spacial score (nSPS) is 5.55. The number of halogens is 4. The molecule has 0 bridgehead atoms. The van der Waals surface area contributed by atoms with Crippen LogP contribution in [0.5, 0.6) is 0 Å².